The summed E-state index contributed by atoms with van der Waals surface area (Å²) in [4.78, 5) is 0. The zero-order valence-corrected chi connectivity index (χ0v) is 8.24. The number of aryl methyl sites for hydroxylation is 1. The van der Waals surface area contributed by atoms with Gasteiger partial charge in [-0.3, -0.25) is 0 Å². The van der Waals surface area contributed by atoms with Gasteiger partial charge >= 0.3 is 0 Å². The Morgan fingerprint density at radius 3 is 2.75 bits per heavy atom. The molecule has 1 aromatic heterocycles. The van der Waals surface area contributed by atoms with Crippen molar-refractivity contribution in [3.63, 3.8) is 0 Å². The van der Waals surface area contributed by atoms with Crippen LogP contribution in [0.5, 0.6) is 0 Å². The Morgan fingerprint density at radius 2 is 2.25 bits per heavy atom. The molecular weight excluding hydrogens is 170 g/mol. The van der Waals surface area contributed by atoms with Crippen LogP contribution in [0.3, 0.4) is 0 Å². The largest absolute Gasteiger partial charge is 0.360 e. The molecule has 1 fully saturated rings. The Balaban J connectivity index is 1.87. The molecule has 12 heavy (non-hydrogen) atoms. The molecule has 1 saturated carbocycles. The van der Waals surface area contributed by atoms with Crippen molar-refractivity contribution in [2.75, 3.05) is 11.9 Å². The molecule has 0 bridgehead atoms. The summed E-state index contributed by atoms with van der Waals surface area (Å²) in [6.45, 7) is 5.32. The summed E-state index contributed by atoms with van der Waals surface area (Å²) < 4.78 is 0. The third kappa shape index (κ3) is 1.75. The molecule has 1 aliphatic carbocycles. The molecule has 0 spiro atoms. The van der Waals surface area contributed by atoms with E-state index >= 15 is 0 Å². The average molecular weight is 183 g/mol. The SMILES string of the molecule is Cc1nnc(NCC2(C)CC2)s1. The predicted molar refractivity (Wildman–Crippen MR) is 50.5 cm³/mol. The Morgan fingerprint density at radius 1 is 1.50 bits per heavy atom. The van der Waals surface area contributed by atoms with Gasteiger partial charge in [-0.1, -0.05) is 18.3 Å². The molecule has 3 nitrogen and oxygen atoms in total. The molecule has 0 amide bonds. The number of aromatic nitrogens is 2. The minimum atomic E-state index is 0.541. The molecule has 2 rings (SSSR count). The molecule has 0 saturated heterocycles. The van der Waals surface area contributed by atoms with Gasteiger partial charge in [0.2, 0.25) is 5.13 Å². The van der Waals surface area contributed by atoms with Crippen molar-refractivity contribution in [2.45, 2.75) is 26.7 Å². The van der Waals surface area contributed by atoms with Gasteiger partial charge in [0.05, 0.1) is 0 Å². The van der Waals surface area contributed by atoms with E-state index in [1.807, 2.05) is 6.92 Å². The molecule has 1 aliphatic rings. The van der Waals surface area contributed by atoms with Crippen LogP contribution in [-0.4, -0.2) is 16.7 Å². The number of hydrogen-bond acceptors (Lipinski definition) is 4. The summed E-state index contributed by atoms with van der Waals surface area (Å²) in [5.41, 5.74) is 0.541. The van der Waals surface area contributed by atoms with Gasteiger partial charge in [-0.2, -0.15) is 0 Å². The maximum atomic E-state index is 4.00. The number of nitrogens with zero attached hydrogens (tertiary/aromatic N) is 2. The van der Waals surface area contributed by atoms with Gasteiger partial charge in [0.1, 0.15) is 5.01 Å². The first-order valence-electron chi connectivity index (χ1n) is 4.22. The van der Waals surface area contributed by atoms with E-state index in [-0.39, 0.29) is 0 Å². The van der Waals surface area contributed by atoms with E-state index < -0.39 is 0 Å². The van der Waals surface area contributed by atoms with E-state index in [0.29, 0.717) is 5.41 Å². The molecule has 0 aliphatic heterocycles. The van der Waals surface area contributed by atoms with Gasteiger partial charge in [0.25, 0.3) is 0 Å². The second-order valence-corrected chi connectivity index (χ2v) is 4.97. The minimum Gasteiger partial charge on any atom is -0.360 e. The van der Waals surface area contributed by atoms with Crippen molar-refractivity contribution in [1.82, 2.24) is 10.2 Å². The Labute approximate surface area is 76.2 Å². The van der Waals surface area contributed by atoms with Gasteiger partial charge in [0, 0.05) is 6.54 Å². The van der Waals surface area contributed by atoms with Crippen molar-refractivity contribution in [2.24, 2.45) is 5.41 Å². The second kappa shape index (κ2) is 2.69. The van der Waals surface area contributed by atoms with Crippen LogP contribution >= 0.6 is 11.3 Å². The highest BCUT2D eigenvalue weighted by molar-refractivity contribution is 7.15. The first-order valence-corrected chi connectivity index (χ1v) is 5.04. The van der Waals surface area contributed by atoms with Crippen LogP contribution in [0, 0.1) is 12.3 Å². The summed E-state index contributed by atoms with van der Waals surface area (Å²) in [5, 5.41) is 13.2. The van der Waals surface area contributed by atoms with E-state index in [9.17, 15) is 0 Å². The maximum Gasteiger partial charge on any atom is 0.205 e. The van der Waals surface area contributed by atoms with Crippen molar-refractivity contribution < 1.29 is 0 Å². The van der Waals surface area contributed by atoms with E-state index in [0.717, 1.165) is 16.7 Å². The highest BCUT2D eigenvalue weighted by Crippen LogP contribution is 2.44. The first-order chi connectivity index (χ1) is 5.68. The molecule has 66 valence electrons. The molecule has 1 N–H and O–H groups in total. The smallest absolute Gasteiger partial charge is 0.205 e. The molecule has 0 aromatic carbocycles. The summed E-state index contributed by atoms with van der Waals surface area (Å²) in [7, 11) is 0. The zero-order valence-electron chi connectivity index (χ0n) is 7.42. The Hall–Kier alpha value is -0.640. The number of anilines is 1. The van der Waals surface area contributed by atoms with Crippen molar-refractivity contribution >= 4 is 16.5 Å². The molecule has 0 unspecified atom stereocenters. The predicted octanol–water partition coefficient (Wildman–Crippen LogP) is 2.06. The fourth-order valence-corrected chi connectivity index (χ4v) is 1.63. The van der Waals surface area contributed by atoms with E-state index in [1.54, 1.807) is 11.3 Å². The molecule has 0 atom stereocenters. The highest BCUT2D eigenvalue weighted by atomic mass is 32.1. The first kappa shape index (κ1) is 7.98. The lowest BCUT2D eigenvalue weighted by Crippen LogP contribution is -2.11. The van der Waals surface area contributed by atoms with Gasteiger partial charge in [-0.05, 0) is 25.2 Å². The van der Waals surface area contributed by atoms with Gasteiger partial charge in [-0.25, -0.2) is 0 Å². The molecule has 4 heteroatoms. The fraction of sp³-hybridized carbons (Fsp3) is 0.750. The normalized spacial score (nSPS) is 19.2. The monoisotopic (exact) mass is 183 g/mol. The highest BCUT2D eigenvalue weighted by Gasteiger charge is 2.36. The lowest BCUT2D eigenvalue weighted by molar-refractivity contribution is 0.610. The third-order valence-electron chi connectivity index (χ3n) is 2.30. The van der Waals surface area contributed by atoms with E-state index in [1.165, 1.54) is 12.8 Å². The number of rotatable bonds is 3. The van der Waals surface area contributed by atoms with Crippen LogP contribution in [-0.2, 0) is 0 Å². The quantitative estimate of drug-likeness (QED) is 0.779. The minimum absolute atomic E-state index is 0.541. The Bertz CT molecular complexity index is 278. The third-order valence-corrected chi connectivity index (χ3v) is 3.09. The fourth-order valence-electron chi connectivity index (χ4n) is 1.05. The lowest BCUT2D eigenvalue weighted by atomic mass is 10.1. The summed E-state index contributed by atoms with van der Waals surface area (Å²) in [6.07, 6.45) is 2.69. The van der Waals surface area contributed by atoms with Gasteiger partial charge < -0.3 is 5.32 Å². The Kier molecular flexibility index (Phi) is 1.79. The average Bonchev–Trinajstić information content (AvgIpc) is 2.60. The molecular formula is C8H13N3S. The van der Waals surface area contributed by atoms with Crippen LogP contribution in [0.4, 0.5) is 5.13 Å². The molecule has 0 radical (unpaired) electrons. The summed E-state index contributed by atoms with van der Waals surface area (Å²) >= 11 is 1.62. The van der Waals surface area contributed by atoms with Crippen LogP contribution in [0.1, 0.15) is 24.8 Å². The standard InChI is InChI=1S/C8H13N3S/c1-6-10-11-7(12-6)9-5-8(2)3-4-8/h3-5H2,1-2H3,(H,9,11). The van der Waals surface area contributed by atoms with Crippen molar-refractivity contribution in [1.29, 1.82) is 0 Å². The molecule has 1 aromatic rings. The topological polar surface area (TPSA) is 37.8 Å². The van der Waals surface area contributed by atoms with Gasteiger partial charge in [0.15, 0.2) is 0 Å². The number of nitrogens with one attached hydrogen (secondary N) is 1. The lowest BCUT2D eigenvalue weighted by Gasteiger charge is -2.06. The van der Waals surface area contributed by atoms with Crippen LogP contribution in [0.25, 0.3) is 0 Å². The van der Waals surface area contributed by atoms with Gasteiger partial charge in [-0.15, -0.1) is 10.2 Å². The van der Waals surface area contributed by atoms with Crippen LogP contribution in [0.2, 0.25) is 0 Å². The molecule has 1 heterocycles. The van der Waals surface area contributed by atoms with Crippen LogP contribution in [0.15, 0.2) is 0 Å². The zero-order chi connectivity index (χ0) is 8.60. The maximum absolute atomic E-state index is 4.00. The van der Waals surface area contributed by atoms with Crippen molar-refractivity contribution in [3.05, 3.63) is 5.01 Å². The van der Waals surface area contributed by atoms with Crippen LogP contribution < -0.4 is 5.32 Å². The van der Waals surface area contributed by atoms with Crippen molar-refractivity contribution in [3.8, 4) is 0 Å². The van der Waals surface area contributed by atoms with E-state index in [4.69, 9.17) is 0 Å². The summed E-state index contributed by atoms with van der Waals surface area (Å²) in [5.74, 6) is 0. The number of hydrogen-bond donors (Lipinski definition) is 1. The second-order valence-electron chi connectivity index (χ2n) is 3.79. The summed E-state index contributed by atoms with van der Waals surface area (Å²) in [6, 6.07) is 0. The van der Waals surface area contributed by atoms with E-state index in [2.05, 4.69) is 22.4 Å².